The fraction of sp³-hybridized carbons (Fsp3) is 0.200. The summed E-state index contributed by atoms with van der Waals surface area (Å²) >= 11 is 0. The zero-order valence-corrected chi connectivity index (χ0v) is 16.4. The van der Waals surface area contributed by atoms with Crippen LogP contribution in [0.1, 0.15) is 29.5 Å². The molecule has 0 saturated heterocycles. The average molecular weight is 380 g/mol. The molecule has 0 radical (unpaired) electrons. The molecule has 5 rings (SSSR count). The zero-order valence-electron chi connectivity index (χ0n) is 16.4. The molecule has 0 spiro atoms. The van der Waals surface area contributed by atoms with E-state index in [2.05, 4.69) is 75.5 Å². The van der Waals surface area contributed by atoms with E-state index in [0.717, 1.165) is 38.2 Å². The summed E-state index contributed by atoms with van der Waals surface area (Å²) in [6.07, 6.45) is 8.82. The third kappa shape index (κ3) is 3.66. The number of rotatable bonds is 7. The van der Waals surface area contributed by atoms with Gasteiger partial charge < -0.3 is 9.88 Å². The van der Waals surface area contributed by atoms with Gasteiger partial charge in [-0.1, -0.05) is 54.6 Å². The number of aliphatic imine (C=N–C) groups is 1. The third-order valence-electron chi connectivity index (χ3n) is 5.53. The smallest absolute Gasteiger partial charge is 0.133 e. The first-order valence-corrected chi connectivity index (χ1v) is 10.2. The van der Waals surface area contributed by atoms with Crippen molar-refractivity contribution in [3.63, 3.8) is 0 Å². The molecule has 0 amide bonds. The predicted molar refractivity (Wildman–Crippen MR) is 120 cm³/mol. The molecule has 1 aromatic heterocycles. The minimum atomic E-state index is 0.832. The highest BCUT2D eigenvalue weighted by Crippen LogP contribution is 2.36. The number of benzene rings is 3. The maximum absolute atomic E-state index is 4.88. The van der Waals surface area contributed by atoms with Crippen LogP contribution in [0.3, 0.4) is 0 Å². The Morgan fingerprint density at radius 3 is 2.72 bits per heavy atom. The summed E-state index contributed by atoms with van der Waals surface area (Å²) in [7, 11) is 0. The molecule has 4 nitrogen and oxygen atoms in total. The van der Waals surface area contributed by atoms with Crippen LogP contribution < -0.4 is 5.32 Å². The lowest BCUT2D eigenvalue weighted by atomic mass is 9.96. The number of hydrogen-bond donors (Lipinski definition) is 1. The van der Waals surface area contributed by atoms with Crippen molar-refractivity contribution in [1.29, 1.82) is 0 Å². The molecule has 0 bridgehead atoms. The fourth-order valence-electron chi connectivity index (χ4n) is 4.07. The number of nitrogens with zero attached hydrogens (tertiary/aromatic N) is 3. The number of hydrogen-bond acceptors (Lipinski definition) is 2. The molecule has 29 heavy (non-hydrogen) atoms. The van der Waals surface area contributed by atoms with Crippen molar-refractivity contribution in [2.75, 3.05) is 11.9 Å². The van der Waals surface area contributed by atoms with Gasteiger partial charge in [-0.3, -0.25) is 4.99 Å². The SMILES string of the molecule is c1ccc(Cc2ccc3c4c(cccc24)C(=NCCCCn2ccnc2)N3)cc1. The van der Waals surface area contributed by atoms with Crippen LogP contribution in [-0.2, 0) is 13.0 Å². The highest BCUT2D eigenvalue weighted by Gasteiger charge is 2.20. The summed E-state index contributed by atoms with van der Waals surface area (Å²) in [4.78, 5) is 8.96. The summed E-state index contributed by atoms with van der Waals surface area (Å²) in [5.41, 5.74) is 5.10. The van der Waals surface area contributed by atoms with Crippen molar-refractivity contribution in [2.45, 2.75) is 25.8 Å². The Balaban J connectivity index is 1.34. The van der Waals surface area contributed by atoms with Crippen LogP contribution >= 0.6 is 0 Å². The summed E-state index contributed by atoms with van der Waals surface area (Å²) in [5.74, 6) is 1.00. The van der Waals surface area contributed by atoms with Gasteiger partial charge in [0.2, 0.25) is 0 Å². The molecule has 4 aromatic rings. The van der Waals surface area contributed by atoms with E-state index in [4.69, 9.17) is 4.99 Å². The molecular weight excluding hydrogens is 356 g/mol. The number of unbranched alkanes of at least 4 members (excludes halogenated alkanes) is 1. The second kappa shape index (κ2) is 7.92. The third-order valence-corrected chi connectivity index (χ3v) is 5.53. The van der Waals surface area contributed by atoms with Gasteiger partial charge in [0, 0.05) is 42.1 Å². The normalized spacial score (nSPS) is 13.9. The highest BCUT2D eigenvalue weighted by molar-refractivity contribution is 6.26. The van der Waals surface area contributed by atoms with Crippen molar-refractivity contribution >= 4 is 22.3 Å². The molecule has 0 aliphatic carbocycles. The van der Waals surface area contributed by atoms with Gasteiger partial charge in [-0.2, -0.15) is 0 Å². The molecular formula is C25H24N4. The predicted octanol–water partition coefficient (Wildman–Crippen LogP) is 5.28. The standard InChI is InChI=1S/C25H24N4/c1-2-7-19(8-3-1)17-20-11-12-23-24-21(20)9-6-10-22(24)25(28-23)27-13-4-5-15-29-16-14-26-18-29/h1-3,6-12,14,16,18H,4-5,13,15,17H2,(H,27,28). The molecule has 0 unspecified atom stereocenters. The van der Waals surface area contributed by atoms with Gasteiger partial charge >= 0.3 is 0 Å². The first-order valence-electron chi connectivity index (χ1n) is 10.2. The average Bonchev–Trinajstić information content (AvgIpc) is 3.40. The van der Waals surface area contributed by atoms with Crippen LogP contribution in [0.2, 0.25) is 0 Å². The molecule has 4 heteroatoms. The minimum absolute atomic E-state index is 0.832. The molecule has 3 aromatic carbocycles. The van der Waals surface area contributed by atoms with Crippen LogP contribution in [0, 0.1) is 0 Å². The van der Waals surface area contributed by atoms with Crippen molar-refractivity contribution in [2.24, 2.45) is 4.99 Å². The van der Waals surface area contributed by atoms with Gasteiger partial charge in [-0.05, 0) is 41.8 Å². The van der Waals surface area contributed by atoms with Gasteiger partial charge in [-0.25, -0.2) is 4.98 Å². The largest absolute Gasteiger partial charge is 0.339 e. The Hall–Kier alpha value is -3.40. The zero-order chi connectivity index (χ0) is 19.5. The molecule has 144 valence electrons. The second-order valence-corrected chi connectivity index (χ2v) is 7.53. The van der Waals surface area contributed by atoms with Crippen molar-refractivity contribution < 1.29 is 0 Å². The Bertz CT molecular complexity index is 1140. The lowest BCUT2D eigenvalue weighted by Gasteiger charge is -2.08. The van der Waals surface area contributed by atoms with E-state index < -0.39 is 0 Å². The van der Waals surface area contributed by atoms with Crippen molar-refractivity contribution in [1.82, 2.24) is 9.55 Å². The van der Waals surface area contributed by atoms with E-state index in [0.29, 0.717) is 0 Å². The second-order valence-electron chi connectivity index (χ2n) is 7.53. The maximum Gasteiger partial charge on any atom is 0.133 e. The van der Waals surface area contributed by atoms with E-state index in [1.165, 1.54) is 33.2 Å². The first-order chi connectivity index (χ1) is 14.4. The van der Waals surface area contributed by atoms with E-state index in [1.54, 1.807) is 0 Å². The number of nitrogens with one attached hydrogen (secondary N) is 1. The Labute approximate surface area is 170 Å². The molecule has 1 aliphatic heterocycles. The van der Waals surface area contributed by atoms with Gasteiger partial charge in [-0.15, -0.1) is 0 Å². The van der Waals surface area contributed by atoms with Gasteiger partial charge in [0.15, 0.2) is 0 Å². The van der Waals surface area contributed by atoms with Crippen molar-refractivity contribution in [3.8, 4) is 0 Å². The number of imidazole rings is 1. The summed E-state index contributed by atoms with van der Waals surface area (Å²) in [6.45, 7) is 1.83. The monoisotopic (exact) mass is 380 g/mol. The van der Waals surface area contributed by atoms with Crippen LogP contribution in [0.25, 0.3) is 10.8 Å². The molecule has 0 fully saturated rings. The van der Waals surface area contributed by atoms with Gasteiger partial charge in [0.05, 0.1) is 6.33 Å². The Morgan fingerprint density at radius 1 is 0.931 bits per heavy atom. The van der Waals surface area contributed by atoms with Crippen LogP contribution in [-0.4, -0.2) is 21.9 Å². The molecule has 0 saturated carbocycles. The van der Waals surface area contributed by atoms with Crippen LogP contribution in [0.4, 0.5) is 5.69 Å². The lowest BCUT2D eigenvalue weighted by Crippen LogP contribution is -2.08. The van der Waals surface area contributed by atoms with Crippen LogP contribution in [0.15, 0.2) is 84.4 Å². The lowest BCUT2D eigenvalue weighted by molar-refractivity contribution is 0.615. The van der Waals surface area contributed by atoms with Crippen LogP contribution in [0.5, 0.6) is 0 Å². The van der Waals surface area contributed by atoms with Gasteiger partial charge in [0.25, 0.3) is 0 Å². The van der Waals surface area contributed by atoms with E-state index in [-0.39, 0.29) is 0 Å². The van der Waals surface area contributed by atoms with E-state index >= 15 is 0 Å². The summed E-state index contributed by atoms with van der Waals surface area (Å²) in [5, 5.41) is 6.16. The number of anilines is 1. The Morgan fingerprint density at radius 2 is 1.86 bits per heavy atom. The van der Waals surface area contributed by atoms with E-state index in [1.807, 2.05) is 18.7 Å². The number of aromatic nitrogens is 2. The minimum Gasteiger partial charge on any atom is -0.339 e. The first kappa shape index (κ1) is 17.7. The Kier molecular flexibility index (Phi) is 4.83. The molecule has 1 N–H and O–H groups in total. The quantitative estimate of drug-likeness (QED) is 0.443. The van der Waals surface area contributed by atoms with Crippen molar-refractivity contribution in [3.05, 3.63) is 96.1 Å². The number of aryl methyl sites for hydroxylation is 1. The van der Waals surface area contributed by atoms with E-state index in [9.17, 15) is 0 Å². The molecule has 0 atom stereocenters. The molecule has 1 aliphatic rings. The maximum atomic E-state index is 4.88. The van der Waals surface area contributed by atoms with Gasteiger partial charge in [0.1, 0.15) is 5.84 Å². The highest BCUT2D eigenvalue weighted by atomic mass is 15.0. The summed E-state index contributed by atoms with van der Waals surface area (Å²) < 4.78 is 2.12. The fourth-order valence-corrected chi connectivity index (χ4v) is 4.07. The number of amidine groups is 1. The summed E-state index contributed by atoms with van der Waals surface area (Å²) in [6, 6.07) is 21.7. The molecule has 2 heterocycles. The topological polar surface area (TPSA) is 42.2 Å².